The maximum absolute atomic E-state index is 9.01. The van der Waals surface area contributed by atoms with Crippen molar-refractivity contribution in [1.82, 2.24) is 0 Å². The topological polar surface area (TPSA) is 23.8 Å². The Bertz CT molecular complexity index is 232. The van der Waals surface area contributed by atoms with Gasteiger partial charge in [-0.05, 0) is 37.7 Å². The fourth-order valence-electron chi connectivity index (χ4n) is 1.76. The maximum atomic E-state index is 9.01. The second-order valence-corrected chi connectivity index (χ2v) is 3.80. The SMILES string of the molecule is C=C=CC1(C#N)CCC(C)CC1. The Hall–Kier alpha value is -0.990. The number of nitriles is 1. The smallest absolute Gasteiger partial charge is 0.0826 e. The van der Waals surface area contributed by atoms with Crippen LogP contribution in [0, 0.1) is 22.7 Å². The van der Waals surface area contributed by atoms with Crippen LogP contribution >= 0.6 is 0 Å². The van der Waals surface area contributed by atoms with E-state index in [1.54, 1.807) is 0 Å². The molecule has 0 radical (unpaired) electrons. The molecule has 0 spiro atoms. The van der Waals surface area contributed by atoms with Gasteiger partial charge in [-0.1, -0.05) is 13.5 Å². The molecule has 0 bridgehead atoms. The van der Waals surface area contributed by atoms with Crippen molar-refractivity contribution in [2.24, 2.45) is 11.3 Å². The Balaban J connectivity index is 2.71. The molecule has 0 aromatic carbocycles. The minimum Gasteiger partial charge on any atom is -0.197 e. The van der Waals surface area contributed by atoms with Crippen LogP contribution in [0.1, 0.15) is 32.6 Å². The molecule has 0 atom stereocenters. The molecule has 1 fully saturated rings. The third-order valence-electron chi connectivity index (χ3n) is 2.77. The summed E-state index contributed by atoms with van der Waals surface area (Å²) in [5, 5.41) is 9.01. The summed E-state index contributed by atoms with van der Waals surface area (Å²) in [5.41, 5.74) is 2.50. The molecule has 0 saturated heterocycles. The van der Waals surface area contributed by atoms with Crippen LogP contribution in [0.2, 0.25) is 0 Å². The first-order valence-electron chi connectivity index (χ1n) is 4.51. The third kappa shape index (κ3) is 1.78. The van der Waals surface area contributed by atoms with Gasteiger partial charge in [-0.2, -0.15) is 5.26 Å². The Morgan fingerprint density at radius 3 is 2.50 bits per heavy atom. The van der Waals surface area contributed by atoms with Crippen LogP contribution in [0.3, 0.4) is 0 Å². The highest BCUT2D eigenvalue weighted by molar-refractivity contribution is 5.12. The quantitative estimate of drug-likeness (QED) is 0.542. The lowest BCUT2D eigenvalue weighted by Crippen LogP contribution is -2.22. The molecule has 1 rings (SSSR count). The van der Waals surface area contributed by atoms with Crippen LogP contribution in [0.15, 0.2) is 18.4 Å². The first kappa shape index (κ1) is 9.10. The van der Waals surface area contributed by atoms with E-state index in [0.717, 1.165) is 31.6 Å². The summed E-state index contributed by atoms with van der Waals surface area (Å²) in [7, 11) is 0. The summed E-state index contributed by atoms with van der Waals surface area (Å²) in [6.07, 6.45) is 6.12. The van der Waals surface area contributed by atoms with Gasteiger partial charge >= 0.3 is 0 Å². The van der Waals surface area contributed by atoms with Crippen molar-refractivity contribution >= 4 is 0 Å². The van der Waals surface area contributed by atoms with Gasteiger partial charge in [-0.15, -0.1) is 5.73 Å². The van der Waals surface area contributed by atoms with E-state index in [2.05, 4.69) is 25.3 Å². The number of nitrogens with zero attached hydrogens (tertiary/aromatic N) is 1. The summed E-state index contributed by atoms with van der Waals surface area (Å²) in [4.78, 5) is 0. The monoisotopic (exact) mass is 161 g/mol. The lowest BCUT2D eigenvalue weighted by molar-refractivity contribution is 0.271. The molecule has 0 N–H and O–H groups in total. The van der Waals surface area contributed by atoms with Gasteiger partial charge in [0.2, 0.25) is 0 Å². The maximum Gasteiger partial charge on any atom is 0.0826 e. The van der Waals surface area contributed by atoms with E-state index in [0.29, 0.717) is 0 Å². The summed E-state index contributed by atoms with van der Waals surface area (Å²) in [6, 6.07) is 2.38. The van der Waals surface area contributed by atoms with Crippen LogP contribution in [-0.4, -0.2) is 0 Å². The normalized spacial score (nSPS) is 34.8. The molecule has 1 aliphatic carbocycles. The molecular weight excluding hydrogens is 146 g/mol. The van der Waals surface area contributed by atoms with Gasteiger partial charge in [0, 0.05) is 0 Å². The van der Waals surface area contributed by atoms with E-state index >= 15 is 0 Å². The van der Waals surface area contributed by atoms with Crippen LogP contribution < -0.4 is 0 Å². The summed E-state index contributed by atoms with van der Waals surface area (Å²) < 4.78 is 0. The van der Waals surface area contributed by atoms with Crippen LogP contribution in [0.25, 0.3) is 0 Å². The van der Waals surface area contributed by atoms with E-state index in [1.165, 1.54) is 0 Å². The molecule has 0 aromatic heterocycles. The van der Waals surface area contributed by atoms with Crippen LogP contribution in [0.5, 0.6) is 0 Å². The predicted molar refractivity (Wildman–Crippen MR) is 49.4 cm³/mol. The largest absolute Gasteiger partial charge is 0.197 e. The number of hydrogen-bond donors (Lipinski definition) is 0. The number of rotatable bonds is 1. The fourth-order valence-corrected chi connectivity index (χ4v) is 1.76. The van der Waals surface area contributed by atoms with E-state index < -0.39 is 0 Å². The molecule has 0 aliphatic heterocycles. The zero-order valence-electron chi connectivity index (χ0n) is 7.64. The van der Waals surface area contributed by atoms with E-state index in [1.807, 2.05) is 6.08 Å². The molecule has 12 heavy (non-hydrogen) atoms. The van der Waals surface area contributed by atoms with Gasteiger partial charge in [-0.3, -0.25) is 0 Å². The first-order valence-corrected chi connectivity index (χ1v) is 4.51. The average Bonchev–Trinajstić information content (AvgIpc) is 2.10. The average molecular weight is 161 g/mol. The van der Waals surface area contributed by atoms with Gasteiger partial charge in [0.05, 0.1) is 11.5 Å². The first-order chi connectivity index (χ1) is 5.72. The second-order valence-electron chi connectivity index (χ2n) is 3.80. The van der Waals surface area contributed by atoms with Gasteiger partial charge in [-0.25, -0.2) is 0 Å². The van der Waals surface area contributed by atoms with Gasteiger partial charge in [0.15, 0.2) is 0 Å². The van der Waals surface area contributed by atoms with Crippen molar-refractivity contribution in [2.45, 2.75) is 32.6 Å². The van der Waals surface area contributed by atoms with Crippen LogP contribution in [-0.2, 0) is 0 Å². The van der Waals surface area contributed by atoms with Crippen molar-refractivity contribution in [1.29, 1.82) is 5.26 Å². The highest BCUT2D eigenvalue weighted by atomic mass is 14.4. The highest BCUT2D eigenvalue weighted by Crippen LogP contribution is 2.39. The van der Waals surface area contributed by atoms with Crippen molar-refractivity contribution in [2.75, 3.05) is 0 Å². The number of hydrogen-bond acceptors (Lipinski definition) is 1. The Morgan fingerprint density at radius 1 is 1.50 bits per heavy atom. The molecule has 0 amide bonds. The highest BCUT2D eigenvalue weighted by Gasteiger charge is 2.31. The minimum atomic E-state index is -0.242. The van der Waals surface area contributed by atoms with Gasteiger partial charge in [0.1, 0.15) is 0 Å². The van der Waals surface area contributed by atoms with Gasteiger partial charge < -0.3 is 0 Å². The number of allylic oxidation sites excluding steroid dienone is 1. The van der Waals surface area contributed by atoms with E-state index in [4.69, 9.17) is 5.26 Å². The Morgan fingerprint density at radius 2 is 2.08 bits per heavy atom. The van der Waals surface area contributed by atoms with Crippen molar-refractivity contribution < 1.29 is 0 Å². The molecule has 1 aliphatic rings. The standard InChI is InChI=1S/C11H15N/c1-3-6-11(9-12)7-4-10(2)5-8-11/h6,10H,1,4-5,7-8H2,2H3. The minimum absolute atomic E-state index is 0.242. The van der Waals surface area contributed by atoms with Gasteiger partial charge in [0.25, 0.3) is 0 Å². The zero-order valence-corrected chi connectivity index (χ0v) is 7.64. The van der Waals surface area contributed by atoms with Crippen molar-refractivity contribution in [3.8, 4) is 6.07 Å². The molecule has 0 unspecified atom stereocenters. The Labute approximate surface area is 74.4 Å². The van der Waals surface area contributed by atoms with Crippen LogP contribution in [0.4, 0.5) is 0 Å². The zero-order chi connectivity index (χ0) is 9.03. The third-order valence-corrected chi connectivity index (χ3v) is 2.77. The fraction of sp³-hybridized carbons (Fsp3) is 0.636. The lowest BCUT2D eigenvalue weighted by Gasteiger charge is -2.30. The molecular formula is C11H15N. The van der Waals surface area contributed by atoms with Crippen molar-refractivity contribution in [3.63, 3.8) is 0 Å². The Kier molecular flexibility index (Phi) is 2.74. The van der Waals surface area contributed by atoms with Crippen molar-refractivity contribution in [3.05, 3.63) is 18.4 Å². The molecule has 0 heterocycles. The van der Waals surface area contributed by atoms with E-state index in [-0.39, 0.29) is 5.41 Å². The molecule has 0 aromatic rings. The summed E-state index contributed by atoms with van der Waals surface area (Å²) in [6.45, 7) is 5.78. The molecule has 1 nitrogen and oxygen atoms in total. The predicted octanol–water partition coefficient (Wildman–Crippen LogP) is 3.05. The summed E-state index contributed by atoms with van der Waals surface area (Å²) >= 11 is 0. The second kappa shape index (κ2) is 3.61. The summed E-state index contributed by atoms with van der Waals surface area (Å²) in [5.74, 6) is 0.782. The molecule has 1 saturated carbocycles. The lowest BCUT2D eigenvalue weighted by atomic mass is 9.72. The molecule has 1 heteroatoms. The molecule has 64 valence electrons. The van der Waals surface area contributed by atoms with E-state index in [9.17, 15) is 0 Å².